The van der Waals surface area contributed by atoms with Gasteiger partial charge >= 0.3 is 0 Å². The summed E-state index contributed by atoms with van der Waals surface area (Å²) < 4.78 is 6.83. The van der Waals surface area contributed by atoms with E-state index in [4.69, 9.17) is 14.4 Å². The van der Waals surface area contributed by atoms with Gasteiger partial charge in [-0.25, -0.2) is 9.98 Å². The summed E-state index contributed by atoms with van der Waals surface area (Å²) in [6, 6.07) is 66.5. The van der Waals surface area contributed by atoms with E-state index in [0.717, 1.165) is 75.7 Å². The lowest BCUT2D eigenvalue weighted by molar-refractivity contribution is 0.593. The average Bonchev–Trinajstić information content (AvgIpc) is 3.59. The van der Waals surface area contributed by atoms with Gasteiger partial charge in [0.05, 0.1) is 11.4 Å². The van der Waals surface area contributed by atoms with Gasteiger partial charge in [-0.1, -0.05) is 182 Å². The van der Waals surface area contributed by atoms with E-state index in [2.05, 4.69) is 223 Å². The van der Waals surface area contributed by atoms with Crippen molar-refractivity contribution in [2.45, 2.75) is 25.7 Å². The van der Waals surface area contributed by atoms with Crippen molar-refractivity contribution in [2.75, 3.05) is 4.90 Å². The maximum absolute atomic E-state index is 6.83. The second-order valence-corrected chi connectivity index (χ2v) is 16.3. The van der Waals surface area contributed by atoms with Crippen LogP contribution in [0, 0.1) is 5.92 Å². The minimum absolute atomic E-state index is 0.0304. The van der Waals surface area contributed by atoms with Crippen molar-refractivity contribution in [3.8, 4) is 22.3 Å². The highest BCUT2D eigenvalue weighted by molar-refractivity contribution is 6.17. The molecule has 1 aliphatic heterocycles. The van der Waals surface area contributed by atoms with Crippen LogP contribution in [0.5, 0.6) is 0 Å². The Morgan fingerprint density at radius 1 is 0.524 bits per heavy atom. The zero-order chi connectivity index (χ0) is 42.0. The molecule has 7 aromatic carbocycles. The summed E-state index contributed by atoms with van der Waals surface area (Å²) in [6.45, 7) is 0. The lowest BCUT2D eigenvalue weighted by atomic mass is 9.91. The molecule has 0 radical (unpaired) electrons. The van der Waals surface area contributed by atoms with Gasteiger partial charge in [-0.05, 0) is 88.5 Å². The summed E-state index contributed by atoms with van der Waals surface area (Å²) in [5, 5.41) is 1.15. The zero-order valence-corrected chi connectivity index (χ0v) is 34.9. The van der Waals surface area contributed by atoms with Crippen molar-refractivity contribution in [1.29, 1.82) is 0 Å². The van der Waals surface area contributed by atoms with Crippen molar-refractivity contribution in [3.05, 3.63) is 246 Å². The van der Waals surface area contributed by atoms with Gasteiger partial charge in [0.25, 0.3) is 0 Å². The van der Waals surface area contributed by atoms with Crippen LogP contribution < -0.4 is 4.90 Å². The molecule has 4 nitrogen and oxygen atoms in total. The van der Waals surface area contributed by atoms with E-state index in [1.165, 1.54) is 44.7 Å². The lowest BCUT2D eigenvalue weighted by Crippen LogP contribution is -2.19. The molecule has 0 bridgehead atoms. The maximum atomic E-state index is 6.83. The van der Waals surface area contributed by atoms with Crippen LogP contribution in [0.2, 0.25) is 0 Å². The van der Waals surface area contributed by atoms with Gasteiger partial charge in [-0.15, -0.1) is 0 Å². The highest BCUT2D eigenvalue weighted by Gasteiger charge is 2.27. The van der Waals surface area contributed by atoms with Crippen LogP contribution in [0.25, 0.3) is 50.6 Å². The number of fused-ring (bicyclic) bond motifs is 3. The van der Waals surface area contributed by atoms with E-state index in [1.54, 1.807) is 0 Å². The molecule has 3 aliphatic rings. The summed E-state index contributed by atoms with van der Waals surface area (Å²) in [5.74, 6) is 1.77. The fourth-order valence-corrected chi connectivity index (χ4v) is 9.22. The number of furan rings is 1. The van der Waals surface area contributed by atoms with Crippen molar-refractivity contribution in [3.63, 3.8) is 0 Å². The van der Waals surface area contributed by atoms with Gasteiger partial charge in [-0.2, -0.15) is 0 Å². The quantitative estimate of drug-likeness (QED) is 0.146. The first-order valence-electron chi connectivity index (χ1n) is 21.9. The predicted molar refractivity (Wildman–Crippen MR) is 263 cm³/mol. The molecule has 2 aliphatic carbocycles. The van der Waals surface area contributed by atoms with Gasteiger partial charge in [0.15, 0.2) is 0 Å². The van der Waals surface area contributed by atoms with Crippen LogP contribution in [0.1, 0.15) is 47.3 Å². The highest BCUT2D eigenvalue weighted by Crippen LogP contribution is 2.42. The van der Waals surface area contributed by atoms with Gasteiger partial charge in [-0.3, -0.25) is 0 Å². The molecular formula is C59H45N3O. The van der Waals surface area contributed by atoms with Crippen molar-refractivity contribution in [2.24, 2.45) is 15.9 Å². The highest BCUT2D eigenvalue weighted by atomic mass is 16.3. The van der Waals surface area contributed by atoms with Crippen LogP contribution >= 0.6 is 0 Å². The third-order valence-electron chi connectivity index (χ3n) is 12.4. The molecule has 2 heterocycles. The van der Waals surface area contributed by atoms with E-state index in [1.807, 2.05) is 0 Å². The molecule has 0 spiro atoms. The number of rotatable bonds is 9. The van der Waals surface area contributed by atoms with Crippen molar-refractivity contribution >= 4 is 51.2 Å². The van der Waals surface area contributed by atoms with Gasteiger partial charge in [0.2, 0.25) is 0 Å². The van der Waals surface area contributed by atoms with E-state index < -0.39 is 0 Å². The molecule has 1 atom stereocenters. The Hall–Kier alpha value is -7.82. The van der Waals surface area contributed by atoms with Crippen LogP contribution in [-0.2, 0) is 6.42 Å². The van der Waals surface area contributed by atoms with E-state index >= 15 is 0 Å². The van der Waals surface area contributed by atoms with Crippen LogP contribution in [0.4, 0.5) is 11.4 Å². The molecule has 0 N–H and O–H groups in total. The molecule has 302 valence electrons. The van der Waals surface area contributed by atoms with Crippen LogP contribution in [0.3, 0.4) is 0 Å². The summed E-state index contributed by atoms with van der Waals surface area (Å²) in [6.07, 6.45) is 14.5. The smallest absolute Gasteiger partial charge is 0.136 e. The molecule has 0 amide bonds. The topological polar surface area (TPSA) is 41.1 Å². The maximum Gasteiger partial charge on any atom is 0.136 e. The zero-order valence-electron chi connectivity index (χ0n) is 34.9. The number of nitrogens with zero attached hydrogens (tertiary/aromatic N) is 3. The van der Waals surface area contributed by atoms with Gasteiger partial charge in [0, 0.05) is 52.0 Å². The van der Waals surface area contributed by atoms with E-state index in [9.17, 15) is 0 Å². The lowest BCUT2D eigenvalue weighted by Gasteiger charge is -2.30. The second kappa shape index (κ2) is 16.9. The molecule has 11 rings (SSSR count). The fraction of sp³-hybridized carbons (Fsp3) is 0.0847. The monoisotopic (exact) mass is 811 g/mol. The number of anilines is 2. The van der Waals surface area contributed by atoms with Crippen molar-refractivity contribution < 1.29 is 4.42 Å². The number of hydrogen-bond acceptors (Lipinski definition) is 4. The SMILES string of the molecule is C1=CC(c2ccccc2)=CC(C2=NC(c3ccccc3)=CCC(c3cccc4oc5c(c34)CCC(N(c3ccc(-c4ccccc4)cc3)c3ccc(-c4ccccc4)cc3)=C5)=N2)C1. The van der Waals surface area contributed by atoms with Crippen molar-refractivity contribution in [1.82, 2.24) is 0 Å². The predicted octanol–water partition coefficient (Wildman–Crippen LogP) is 15.2. The molecule has 4 heteroatoms. The molecule has 0 fully saturated rings. The first-order chi connectivity index (χ1) is 31.2. The molecule has 1 aromatic heterocycles. The molecule has 0 saturated carbocycles. The fourth-order valence-electron chi connectivity index (χ4n) is 9.22. The Bertz CT molecular complexity index is 3030. The molecule has 63 heavy (non-hydrogen) atoms. The third kappa shape index (κ3) is 7.73. The number of aryl methyl sites for hydroxylation is 1. The number of benzene rings is 7. The number of hydrogen-bond donors (Lipinski definition) is 0. The Labute approximate surface area is 368 Å². The number of amidine groups is 1. The second-order valence-electron chi connectivity index (χ2n) is 16.3. The Morgan fingerprint density at radius 3 is 1.71 bits per heavy atom. The average molecular weight is 812 g/mol. The molecular weight excluding hydrogens is 767 g/mol. The van der Waals surface area contributed by atoms with Crippen LogP contribution in [0.15, 0.2) is 232 Å². The number of aliphatic imine (C=N–C) groups is 2. The first-order valence-corrected chi connectivity index (χ1v) is 21.9. The summed E-state index contributed by atoms with van der Waals surface area (Å²) in [5.41, 5.74) is 16.9. The summed E-state index contributed by atoms with van der Waals surface area (Å²) >= 11 is 0. The molecule has 0 saturated heterocycles. The third-order valence-corrected chi connectivity index (χ3v) is 12.4. The Balaban J connectivity index is 0.987. The van der Waals surface area contributed by atoms with Gasteiger partial charge < -0.3 is 9.32 Å². The largest absolute Gasteiger partial charge is 0.456 e. The Kier molecular flexibility index (Phi) is 10.2. The van der Waals surface area contributed by atoms with E-state index in [-0.39, 0.29) is 5.92 Å². The normalized spacial score (nSPS) is 15.9. The minimum atomic E-state index is 0.0304. The minimum Gasteiger partial charge on any atom is -0.456 e. The first kappa shape index (κ1) is 38.1. The van der Waals surface area contributed by atoms with E-state index in [0.29, 0.717) is 6.42 Å². The Morgan fingerprint density at radius 2 is 1.10 bits per heavy atom. The van der Waals surface area contributed by atoms with Gasteiger partial charge in [0.1, 0.15) is 17.2 Å². The number of allylic oxidation sites excluding steroid dienone is 5. The molecule has 1 unspecified atom stereocenters. The summed E-state index contributed by atoms with van der Waals surface area (Å²) in [4.78, 5) is 13.2. The molecule has 8 aromatic rings. The summed E-state index contributed by atoms with van der Waals surface area (Å²) in [7, 11) is 0. The standard InChI is InChI=1S/C59H45N3O/c1-5-15-41(16-6-1)44-27-31-49(32-28-44)62(50-33-29-45(30-34-50)42-17-7-2-8-18-42)51-35-36-53-57(40-51)63-56-26-14-25-52(58(53)56)55-38-37-54(46-21-11-4-12-22-46)60-59(61-55)48-24-13-23-47(39-48)43-19-9-3-10-20-43/h1-23,25-34,37,39-40,48H,24,35-36,38H2. The van der Waals surface area contributed by atoms with Crippen LogP contribution in [-0.4, -0.2) is 11.5 Å².